The molecule has 1 aliphatic heterocycles. The standard InChI is InChI=1S/C14H5Cl2F2N3O2/c15-7-4-8(16)13(22)12-11(7)14(23)21(5-19-12)20-10-2-1-6(17)3-9(10)18/h1-4,20H/p+1. The van der Waals surface area contributed by atoms with E-state index in [1.807, 2.05) is 0 Å². The number of nitrogens with one attached hydrogen (secondary N) is 1. The third-order valence-corrected chi connectivity index (χ3v) is 3.61. The molecule has 0 fully saturated rings. The van der Waals surface area contributed by atoms with Crippen molar-refractivity contribution in [3.63, 3.8) is 0 Å². The Morgan fingerprint density at radius 2 is 1.96 bits per heavy atom. The lowest BCUT2D eigenvalue weighted by Gasteiger charge is -2.10. The second-order valence-electron chi connectivity index (χ2n) is 4.50. The Balaban J connectivity index is 2.06. The molecule has 2 N–H and O–H groups in total. The molecule has 2 aromatic carbocycles. The number of hydrazine groups is 1. The van der Waals surface area contributed by atoms with Gasteiger partial charge in [0.1, 0.15) is 17.1 Å². The molecule has 0 aliphatic carbocycles. The zero-order valence-corrected chi connectivity index (χ0v) is 12.6. The van der Waals surface area contributed by atoms with Crippen LogP contribution in [-0.4, -0.2) is 21.7 Å². The number of aromatic hydroxyl groups is 1. The van der Waals surface area contributed by atoms with Crippen molar-refractivity contribution in [2.24, 2.45) is 4.99 Å². The number of anilines is 1. The van der Waals surface area contributed by atoms with Gasteiger partial charge in [0.15, 0.2) is 11.6 Å². The molecule has 0 radical (unpaired) electrons. The van der Waals surface area contributed by atoms with Crippen LogP contribution in [0.3, 0.4) is 0 Å². The summed E-state index contributed by atoms with van der Waals surface area (Å²) < 4.78 is 27.3. The molecule has 5 nitrogen and oxygen atoms in total. The smallest absolute Gasteiger partial charge is 0.378 e. The molecule has 1 amide bonds. The number of carbonyl (C=O) groups is 1. The second-order valence-corrected chi connectivity index (χ2v) is 5.32. The minimum absolute atomic E-state index is 0.0376. The molecule has 0 unspecified atom stereocenters. The SMILES string of the molecule is O=C1c2c(Cl)cc(Cl)c(O)c2N=C=[N+]1Nc1ccc(F)cc1F. The molecule has 0 aromatic heterocycles. The molecule has 0 spiro atoms. The quantitative estimate of drug-likeness (QED) is 0.800. The number of carbonyl (C=O) groups excluding carboxylic acids is 1. The highest BCUT2D eigenvalue weighted by Crippen LogP contribution is 2.42. The van der Waals surface area contributed by atoms with E-state index in [1.54, 1.807) is 0 Å². The van der Waals surface area contributed by atoms with Crippen LogP contribution in [0.4, 0.5) is 20.2 Å². The lowest BCUT2D eigenvalue weighted by molar-refractivity contribution is -0.387. The van der Waals surface area contributed by atoms with E-state index in [0.717, 1.165) is 16.8 Å². The Hall–Kier alpha value is -2.47. The van der Waals surface area contributed by atoms with Crippen molar-refractivity contribution in [2.75, 3.05) is 5.43 Å². The molecule has 0 bridgehead atoms. The van der Waals surface area contributed by atoms with Gasteiger partial charge in [0, 0.05) is 11.1 Å². The Morgan fingerprint density at radius 3 is 2.65 bits per heavy atom. The first-order valence-electron chi connectivity index (χ1n) is 6.12. The van der Waals surface area contributed by atoms with E-state index in [0.29, 0.717) is 6.07 Å². The van der Waals surface area contributed by atoms with Gasteiger partial charge >= 0.3 is 11.9 Å². The zero-order chi connectivity index (χ0) is 16.7. The number of hydrazone groups is 1. The first-order valence-corrected chi connectivity index (χ1v) is 6.87. The van der Waals surface area contributed by atoms with Crippen molar-refractivity contribution in [2.45, 2.75) is 0 Å². The van der Waals surface area contributed by atoms with Crippen molar-refractivity contribution in [1.82, 2.24) is 0 Å². The first-order chi connectivity index (χ1) is 10.9. The van der Waals surface area contributed by atoms with E-state index in [-0.39, 0.29) is 27.0 Å². The highest BCUT2D eigenvalue weighted by molar-refractivity contribution is 6.38. The van der Waals surface area contributed by atoms with Crippen LogP contribution in [0.5, 0.6) is 5.75 Å². The van der Waals surface area contributed by atoms with Crippen LogP contribution in [0, 0.1) is 11.6 Å². The summed E-state index contributed by atoms with van der Waals surface area (Å²) in [6.45, 7) is 0. The highest BCUT2D eigenvalue weighted by atomic mass is 35.5. The molecule has 116 valence electrons. The number of hydrogen-bond acceptors (Lipinski definition) is 4. The summed E-state index contributed by atoms with van der Waals surface area (Å²) in [6.07, 6.45) is 0. The molecule has 2 aromatic rings. The van der Waals surface area contributed by atoms with Gasteiger partial charge in [-0.2, -0.15) is 0 Å². The first kappa shape index (κ1) is 15.4. The van der Waals surface area contributed by atoms with Gasteiger partial charge in [0.05, 0.1) is 10.0 Å². The maximum absolute atomic E-state index is 13.6. The molecular formula is C14H6Cl2F2N3O2+. The summed E-state index contributed by atoms with van der Waals surface area (Å²) in [5.41, 5.74) is 1.97. The lowest BCUT2D eigenvalue weighted by Crippen LogP contribution is -2.28. The predicted octanol–water partition coefficient (Wildman–Crippen LogP) is 3.98. The minimum Gasteiger partial charge on any atom is -0.503 e. The van der Waals surface area contributed by atoms with Gasteiger partial charge < -0.3 is 5.11 Å². The third kappa shape index (κ3) is 2.66. The Morgan fingerprint density at radius 1 is 1.22 bits per heavy atom. The molecule has 3 rings (SSSR count). The number of phenolic OH excluding ortho intramolecular Hbond substituents is 1. The highest BCUT2D eigenvalue weighted by Gasteiger charge is 2.33. The zero-order valence-electron chi connectivity index (χ0n) is 11.1. The average molecular weight is 357 g/mol. The van der Waals surface area contributed by atoms with Crippen LogP contribution in [0.1, 0.15) is 10.4 Å². The normalized spacial score (nSPS) is 12.9. The van der Waals surface area contributed by atoms with Gasteiger partial charge in [-0.15, -0.1) is 0 Å². The molecule has 1 heterocycles. The maximum atomic E-state index is 13.6. The van der Waals surface area contributed by atoms with Crippen molar-refractivity contribution in [1.29, 1.82) is 0 Å². The van der Waals surface area contributed by atoms with Gasteiger partial charge in [-0.05, 0) is 22.9 Å². The van der Waals surface area contributed by atoms with Crippen molar-refractivity contribution in [3.05, 3.63) is 51.5 Å². The van der Waals surface area contributed by atoms with Crippen LogP contribution in [-0.2, 0) is 0 Å². The summed E-state index contributed by atoms with van der Waals surface area (Å²) in [5, 5.41) is 9.71. The van der Waals surface area contributed by atoms with E-state index in [9.17, 15) is 18.7 Å². The van der Waals surface area contributed by atoms with E-state index in [4.69, 9.17) is 23.2 Å². The van der Waals surface area contributed by atoms with Crippen LogP contribution in [0.25, 0.3) is 0 Å². The summed E-state index contributed by atoms with van der Waals surface area (Å²) in [5.74, 6) is -2.82. The number of rotatable bonds is 2. The van der Waals surface area contributed by atoms with E-state index >= 15 is 0 Å². The number of hydrogen-bond donors (Lipinski definition) is 2. The number of fused-ring (bicyclic) bond motifs is 1. The van der Waals surface area contributed by atoms with Crippen molar-refractivity contribution >= 4 is 46.5 Å². The molecule has 0 saturated carbocycles. The molecule has 0 atom stereocenters. The van der Waals surface area contributed by atoms with E-state index < -0.39 is 23.3 Å². The maximum Gasteiger partial charge on any atom is 0.378 e. The van der Waals surface area contributed by atoms with Gasteiger partial charge in [-0.1, -0.05) is 23.2 Å². The van der Waals surface area contributed by atoms with Crippen LogP contribution >= 0.6 is 23.2 Å². The molecule has 23 heavy (non-hydrogen) atoms. The van der Waals surface area contributed by atoms with Crippen LogP contribution < -0.4 is 5.43 Å². The Kier molecular flexibility index (Phi) is 3.77. The fraction of sp³-hybridized carbons (Fsp3) is 0. The summed E-state index contributed by atoms with van der Waals surface area (Å²) in [4.78, 5) is 16.2. The Labute approximate surface area is 138 Å². The van der Waals surface area contributed by atoms with Gasteiger partial charge in [0.25, 0.3) is 0 Å². The van der Waals surface area contributed by atoms with Gasteiger partial charge in [-0.3, -0.25) is 0 Å². The Bertz CT molecular complexity index is 925. The number of nitrogens with zero attached hydrogens (tertiary/aromatic N) is 2. The van der Waals surface area contributed by atoms with Crippen LogP contribution in [0.15, 0.2) is 29.3 Å². The topological polar surface area (TPSA) is 64.7 Å². The largest absolute Gasteiger partial charge is 0.503 e. The summed E-state index contributed by atoms with van der Waals surface area (Å²) >= 11 is 11.7. The number of halogens is 4. The molecule has 9 heteroatoms. The predicted molar refractivity (Wildman–Crippen MR) is 79.8 cm³/mol. The lowest BCUT2D eigenvalue weighted by atomic mass is 10.1. The fourth-order valence-electron chi connectivity index (χ4n) is 1.94. The summed E-state index contributed by atoms with van der Waals surface area (Å²) in [7, 11) is 0. The number of aliphatic imine (C=N–C) groups is 1. The number of amides is 1. The number of benzene rings is 2. The molecular weight excluding hydrogens is 351 g/mol. The summed E-state index contributed by atoms with van der Waals surface area (Å²) in [6, 6.07) is 6.24. The molecule has 1 aliphatic rings. The minimum atomic E-state index is -0.907. The second kappa shape index (κ2) is 5.62. The average Bonchev–Trinajstić information content (AvgIpc) is 2.49. The van der Waals surface area contributed by atoms with E-state index in [1.165, 1.54) is 6.07 Å². The van der Waals surface area contributed by atoms with Gasteiger partial charge in [-0.25, -0.2) is 19.0 Å². The third-order valence-electron chi connectivity index (χ3n) is 3.02. The van der Waals surface area contributed by atoms with Crippen molar-refractivity contribution in [3.8, 4) is 5.75 Å². The molecule has 0 saturated heterocycles. The van der Waals surface area contributed by atoms with Crippen LogP contribution in [0.2, 0.25) is 10.0 Å². The number of phenols is 1. The van der Waals surface area contributed by atoms with E-state index in [2.05, 4.69) is 16.4 Å². The monoisotopic (exact) mass is 356 g/mol. The fourth-order valence-corrected chi connectivity index (χ4v) is 2.48. The van der Waals surface area contributed by atoms with Gasteiger partial charge in [0.2, 0.25) is 5.69 Å². The van der Waals surface area contributed by atoms with Crippen molar-refractivity contribution < 1.29 is 23.4 Å².